The van der Waals surface area contributed by atoms with Gasteiger partial charge in [0.2, 0.25) is 0 Å². The van der Waals surface area contributed by atoms with Crippen LogP contribution >= 0.6 is 0 Å². The van der Waals surface area contributed by atoms with E-state index >= 15 is 0 Å². The Balaban J connectivity index is 2.76. The number of hydrogen-bond donors (Lipinski definition) is 2. The van der Waals surface area contributed by atoms with Crippen molar-refractivity contribution < 1.29 is 23.1 Å². The monoisotopic (exact) mass is 233 g/mol. The van der Waals surface area contributed by atoms with Crippen molar-refractivity contribution in [2.75, 3.05) is 5.32 Å². The van der Waals surface area contributed by atoms with Crippen LogP contribution < -0.4 is 5.32 Å². The minimum absolute atomic E-state index is 0.336. The molecule has 0 saturated carbocycles. The minimum atomic E-state index is -4.38. The molecule has 0 aliphatic heterocycles. The molecule has 1 rings (SSSR count). The smallest absolute Gasteiger partial charge is 0.416 e. The summed E-state index contributed by atoms with van der Waals surface area (Å²) in [7, 11) is 0. The van der Waals surface area contributed by atoms with Gasteiger partial charge in [0.05, 0.1) is 5.56 Å². The second kappa shape index (κ2) is 4.42. The van der Waals surface area contributed by atoms with Gasteiger partial charge in [0.15, 0.2) is 0 Å². The summed E-state index contributed by atoms with van der Waals surface area (Å²) in [5, 5.41) is 11.1. The number of benzene rings is 1. The maximum absolute atomic E-state index is 12.2. The van der Waals surface area contributed by atoms with Gasteiger partial charge in [-0.25, -0.2) is 0 Å². The first-order valence-corrected chi connectivity index (χ1v) is 4.47. The van der Waals surface area contributed by atoms with E-state index in [1.807, 2.05) is 0 Å². The topological polar surface area (TPSA) is 49.3 Å². The van der Waals surface area contributed by atoms with Crippen LogP contribution in [0.4, 0.5) is 18.9 Å². The summed E-state index contributed by atoms with van der Waals surface area (Å²) < 4.78 is 36.6. The molecule has 0 bridgehead atoms. The molecule has 0 saturated heterocycles. The van der Waals surface area contributed by atoms with Crippen LogP contribution in [-0.4, -0.2) is 17.1 Å². The Morgan fingerprint density at radius 1 is 1.31 bits per heavy atom. The summed E-state index contributed by atoms with van der Waals surface area (Å²) in [6.07, 6.45) is -4.38. The Morgan fingerprint density at radius 2 is 1.81 bits per heavy atom. The fourth-order valence-corrected chi connectivity index (χ4v) is 1.07. The van der Waals surface area contributed by atoms with Crippen LogP contribution in [0.2, 0.25) is 0 Å². The van der Waals surface area contributed by atoms with Crippen LogP contribution in [0, 0.1) is 0 Å². The second-order valence-corrected chi connectivity index (χ2v) is 3.28. The van der Waals surface area contributed by atoms with Crippen molar-refractivity contribution in [3.05, 3.63) is 29.8 Å². The molecule has 1 unspecified atom stereocenters. The summed E-state index contributed by atoms with van der Waals surface area (Å²) in [6.45, 7) is 1.40. The molecule has 1 aromatic carbocycles. The first-order chi connectivity index (χ1) is 7.30. The van der Waals surface area contributed by atoms with E-state index in [1.165, 1.54) is 19.1 Å². The van der Waals surface area contributed by atoms with Crippen LogP contribution in [0.5, 0.6) is 0 Å². The standard InChI is InChI=1S/C10H10F3NO2/c1-6(9(15)16)14-8-4-2-7(3-5-8)10(11,12)13/h2-6,14H,1H3,(H,15,16). The van der Waals surface area contributed by atoms with E-state index in [2.05, 4.69) is 5.32 Å². The summed E-state index contributed by atoms with van der Waals surface area (Å²) in [5.41, 5.74) is -0.427. The molecule has 0 aliphatic carbocycles. The van der Waals surface area contributed by atoms with Crippen molar-refractivity contribution in [3.63, 3.8) is 0 Å². The Labute approximate surface area is 89.9 Å². The fourth-order valence-electron chi connectivity index (χ4n) is 1.07. The molecule has 1 aromatic rings. The zero-order valence-corrected chi connectivity index (χ0v) is 8.38. The highest BCUT2D eigenvalue weighted by Gasteiger charge is 2.29. The molecular formula is C10H10F3NO2. The third-order valence-electron chi connectivity index (χ3n) is 1.97. The zero-order valence-electron chi connectivity index (χ0n) is 8.38. The minimum Gasteiger partial charge on any atom is -0.480 e. The number of halogens is 3. The summed E-state index contributed by atoms with van der Waals surface area (Å²) in [5.74, 6) is -1.07. The molecule has 1 atom stereocenters. The van der Waals surface area contributed by atoms with E-state index in [-0.39, 0.29) is 0 Å². The molecule has 0 aliphatic rings. The highest BCUT2D eigenvalue weighted by molar-refractivity contribution is 5.76. The Kier molecular flexibility index (Phi) is 3.41. The van der Waals surface area contributed by atoms with Crippen molar-refractivity contribution in [2.45, 2.75) is 19.1 Å². The van der Waals surface area contributed by atoms with E-state index in [4.69, 9.17) is 5.11 Å². The quantitative estimate of drug-likeness (QED) is 0.843. The molecule has 0 radical (unpaired) electrons. The van der Waals surface area contributed by atoms with Crippen molar-refractivity contribution >= 4 is 11.7 Å². The van der Waals surface area contributed by atoms with Crippen LogP contribution in [0.25, 0.3) is 0 Å². The predicted octanol–water partition coefficient (Wildman–Crippen LogP) is 2.59. The normalized spacial score (nSPS) is 13.2. The van der Waals surface area contributed by atoms with Crippen molar-refractivity contribution in [1.82, 2.24) is 0 Å². The first kappa shape index (κ1) is 12.4. The number of anilines is 1. The largest absolute Gasteiger partial charge is 0.480 e. The lowest BCUT2D eigenvalue weighted by Crippen LogP contribution is -2.25. The van der Waals surface area contributed by atoms with E-state index in [0.29, 0.717) is 5.69 Å². The first-order valence-electron chi connectivity index (χ1n) is 4.47. The van der Waals surface area contributed by atoms with Crippen molar-refractivity contribution in [3.8, 4) is 0 Å². The SMILES string of the molecule is CC(Nc1ccc(C(F)(F)F)cc1)C(=O)O. The molecule has 88 valence electrons. The maximum Gasteiger partial charge on any atom is 0.416 e. The number of rotatable bonds is 3. The predicted molar refractivity (Wildman–Crippen MR) is 52.2 cm³/mol. The van der Waals surface area contributed by atoms with Gasteiger partial charge in [-0.2, -0.15) is 13.2 Å². The van der Waals surface area contributed by atoms with Crippen molar-refractivity contribution in [2.24, 2.45) is 0 Å². The molecule has 0 heterocycles. The second-order valence-electron chi connectivity index (χ2n) is 3.28. The summed E-state index contributed by atoms with van der Waals surface area (Å²) >= 11 is 0. The van der Waals surface area contributed by atoms with Gasteiger partial charge in [-0.15, -0.1) is 0 Å². The van der Waals surface area contributed by atoms with Crippen molar-refractivity contribution in [1.29, 1.82) is 0 Å². The fraction of sp³-hybridized carbons (Fsp3) is 0.300. The average molecular weight is 233 g/mol. The lowest BCUT2D eigenvalue weighted by atomic mass is 10.2. The highest BCUT2D eigenvalue weighted by Crippen LogP contribution is 2.29. The van der Waals surface area contributed by atoms with Gasteiger partial charge in [-0.05, 0) is 31.2 Å². The molecule has 3 nitrogen and oxygen atoms in total. The van der Waals surface area contributed by atoms with E-state index in [0.717, 1.165) is 12.1 Å². The number of aliphatic carboxylic acids is 1. The van der Waals surface area contributed by atoms with Crippen LogP contribution in [0.3, 0.4) is 0 Å². The molecular weight excluding hydrogens is 223 g/mol. The Morgan fingerprint density at radius 3 is 2.19 bits per heavy atom. The summed E-state index contributed by atoms with van der Waals surface area (Å²) in [4.78, 5) is 10.5. The van der Waals surface area contributed by atoms with Gasteiger partial charge in [0.1, 0.15) is 6.04 Å². The lowest BCUT2D eigenvalue weighted by molar-refractivity contribution is -0.138. The molecule has 0 fully saturated rings. The van der Waals surface area contributed by atoms with Crippen LogP contribution in [0.1, 0.15) is 12.5 Å². The third-order valence-corrected chi connectivity index (χ3v) is 1.97. The lowest BCUT2D eigenvalue weighted by Gasteiger charge is -2.12. The molecule has 0 aromatic heterocycles. The summed E-state index contributed by atoms with van der Waals surface area (Å²) in [6, 6.07) is 3.34. The molecule has 0 amide bonds. The van der Waals surface area contributed by atoms with E-state index < -0.39 is 23.8 Å². The highest BCUT2D eigenvalue weighted by atomic mass is 19.4. The molecule has 6 heteroatoms. The van der Waals surface area contributed by atoms with Crippen LogP contribution in [-0.2, 0) is 11.0 Å². The van der Waals surface area contributed by atoms with Gasteiger partial charge in [-0.3, -0.25) is 4.79 Å². The Hall–Kier alpha value is -1.72. The van der Waals surface area contributed by atoms with Gasteiger partial charge in [0, 0.05) is 5.69 Å². The van der Waals surface area contributed by atoms with Gasteiger partial charge < -0.3 is 10.4 Å². The number of hydrogen-bond acceptors (Lipinski definition) is 2. The number of carboxylic acids is 1. The third kappa shape index (κ3) is 3.15. The van der Waals surface area contributed by atoms with E-state index in [1.54, 1.807) is 0 Å². The van der Waals surface area contributed by atoms with E-state index in [9.17, 15) is 18.0 Å². The number of carbonyl (C=O) groups is 1. The molecule has 2 N–H and O–H groups in total. The number of alkyl halides is 3. The van der Waals surface area contributed by atoms with Crippen LogP contribution in [0.15, 0.2) is 24.3 Å². The zero-order chi connectivity index (χ0) is 12.3. The average Bonchev–Trinajstić information content (AvgIpc) is 2.17. The Bertz CT molecular complexity index is 373. The number of nitrogens with one attached hydrogen (secondary N) is 1. The molecule has 0 spiro atoms. The van der Waals surface area contributed by atoms with Gasteiger partial charge >= 0.3 is 12.1 Å². The van der Waals surface area contributed by atoms with Gasteiger partial charge in [0.25, 0.3) is 0 Å². The molecule has 16 heavy (non-hydrogen) atoms. The number of carboxylic acid groups (broad SMARTS) is 1. The maximum atomic E-state index is 12.2. The van der Waals surface area contributed by atoms with Gasteiger partial charge in [-0.1, -0.05) is 0 Å².